The Morgan fingerprint density at radius 1 is 1.50 bits per heavy atom. The Labute approximate surface area is 119 Å². The van der Waals surface area contributed by atoms with Gasteiger partial charge in [-0.05, 0) is 37.0 Å². The second-order valence-electron chi connectivity index (χ2n) is 5.40. The maximum absolute atomic E-state index is 11.3. The van der Waals surface area contributed by atoms with Crippen LogP contribution in [-0.2, 0) is 11.2 Å². The first-order valence-electron chi connectivity index (χ1n) is 7.23. The highest BCUT2D eigenvalue weighted by molar-refractivity contribution is 5.69. The van der Waals surface area contributed by atoms with Crippen molar-refractivity contribution in [3.63, 3.8) is 0 Å². The third-order valence-electron chi connectivity index (χ3n) is 4.11. The van der Waals surface area contributed by atoms with Crippen LogP contribution < -0.4 is 15.5 Å². The maximum Gasteiger partial charge on any atom is 0.407 e. The number of anilines is 2. The number of amides is 1. The molecule has 1 amide bonds. The van der Waals surface area contributed by atoms with Gasteiger partial charge in [0.15, 0.2) is 0 Å². The zero-order chi connectivity index (χ0) is 13.9. The van der Waals surface area contributed by atoms with Gasteiger partial charge in [-0.15, -0.1) is 0 Å². The van der Waals surface area contributed by atoms with Crippen molar-refractivity contribution in [1.29, 1.82) is 0 Å². The van der Waals surface area contributed by atoms with E-state index in [1.54, 1.807) is 0 Å². The summed E-state index contributed by atoms with van der Waals surface area (Å²) in [6, 6.07) is 6.62. The van der Waals surface area contributed by atoms with E-state index < -0.39 is 0 Å². The molecule has 2 aliphatic rings. The van der Waals surface area contributed by atoms with Crippen molar-refractivity contribution in [2.24, 2.45) is 0 Å². The zero-order valence-corrected chi connectivity index (χ0v) is 11.8. The van der Waals surface area contributed by atoms with Crippen LogP contribution in [0.15, 0.2) is 18.2 Å². The van der Waals surface area contributed by atoms with Gasteiger partial charge in [0.05, 0.1) is 13.2 Å². The lowest BCUT2D eigenvalue weighted by Crippen LogP contribution is -2.37. The lowest BCUT2D eigenvalue weighted by atomic mass is 10.0. The molecule has 1 aromatic carbocycles. The number of hydrogen-bond donors (Lipinski definition) is 2. The summed E-state index contributed by atoms with van der Waals surface area (Å²) >= 11 is 0. The number of nitrogens with one attached hydrogen (secondary N) is 2. The van der Waals surface area contributed by atoms with Crippen LogP contribution in [0, 0.1) is 0 Å². The molecule has 1 unspecified atom stereocenters. The summed E-state index contributed by atoms with van der Waals surface area (Å²) in [4.78, 5) is 13.6. The van der Waals surface area contributed by atoms with E-state index in [2.05, 4.69) is 38.5 Å². The second kappa shape index (κ2) is 5.61. The van der Waals surface area contributed by atoms with Gasteiger partial charge in [0.1, 0.15) is 0 Å². The van der Waals surface area contributed by atoms with Gasteiger partial charge in [0.25, 0.3) is 0 Å². The second-order valence-corrected chi connectivity index (χ2v) is 5.40. The third-order valence-corrected chi connectivity index (χ3v) is 4.11. The zero-order valence-electron chi connectivity index (χ0n) is 11.8. The third kappa shape index (κ3) is 2.53. The van der Waals surface area contributed by atoms with Crippen molar-refractivity contribution in [3.05, 3.63) is 23.8 Å². The number of fused-ring (bicyclic) bond motifs is 1. The molecule has 3 rings (SSSR count). The van der Waals surface area contributed by atoms with Crippen molar-refractivity contribution >= 4 is 17.5 Å². The van der Waals surface area contributed by atoms with E-state index in [-0.39, 0.29) is 12.1 Å². The number of carbonyl (C=O) groups excluding carboxylic acids is 1. The summed E-state index contributed by atoms with van der Waals surface area (Å²) in [6.45, 7) is 2.89. The fraction of sp³-hybridized carbons (Fsp3) is 0.533. The van der Waals surface area contributed by atoms with Gasteiger partial charge in [-0.2, -0.15) is 0 Å². The van der Waals surface area contributed by atoms with Crippen LogP contribution in [0.5, 0.6) is 0 Å². The monoisotopic (exact) mass is 275 g/mol. The highest BCUT2D eigenvalue weighted by Crippen LogP contribution is 2.33. The Hall–Kier alpha value is -1.91. The Morgan fingerprint density at radius 2 is 2.40 bits per heavy atom. The summed E-state index contributed by atoms with van der Waals surface area (Å²) in [7, 11) is 1.40. The Bertz CT molecular complexity index is 504. The Morgan fingerprint density at radius 3 is 3.25 bits per heavy atom. The fourth-order valence-electron chi connectivity index (χ4n) is 3.11. The molecule has 108 valence electrons. The number of nitrogens with zero attached hydrogens (tertiary/aromatic N) is 1. The standard InChI is InChI=1S/C15H21N3O2/c1-20-15(19)17-11-7-9-18(10-11)14-6-2-5-13-12(14)4-3-8-16-13/h2,5-6,11,16H,3-4,7-10H2,1H3,(H,17,19). The largest absolute Gasteiger partial charge is 0.453 e. The van der Waals surface area contributed by atoms with E-state index in [1.165, 1.54) is 30.5 Å². The number of benzene rings is 1. The molecule has 0 radical (unpaired) electrons. The summed E-state index contributed by atoms with van der Waals surface area (Å²) < 4.78 is 4.67. The lowest BCUT2D eigenvalue weighted by Gasteiger charge is -2.27. The smallest absolute Gasteiger partial charge is 0.407 e. The SMILES string of the molecule is COC(=O)NC1CCN(c2cccc3c2CCCN3)C1. The van der Waals surface area contributed by atoms with Crippen LogP contribution >= 0.6 is 0 Å². The van der Waals surface area contributed by atoms with Crippen molar-refractivity contribution < 1.29 is 9.53 Å². The summed E-state index contributed by atoms with van der Waals surface area (Å²) in [5.41, 5.74) is 3.99. The number of alkyl carbamates (subject to hydrolysis) is 1. The van der Waals surface area contributed by atoms with Gasteiger partial charge in [0.2, 0.25) is 0 Å². The molecule has 5 heteroatoms. The van der Waals surface area contributed by atoms with Crippen LogP contribution in [0.4, 0.5) is 16.2 Å². The molecular weight excluding hydrogens is 254 g/mol. The average Bonchev–Trinajstić information content (AvgIpc) is 2.94. The molecule has 1 fully saturated rings. The van der Waals surface area contributed by atoms with Crippen LogP contribution in [0.2, 0.25) is 0 Å². The van der Waals surface area contributed by atoms with Crippen molar-refractivity contribution in [2.45, 2.75) is 25.3 Å². The van der Waals surface area contributed by atoms with E-state index >= 15 is 0 Å². The van der Waals surface area contributed by atoms with Crippen LogP contribution in [-0.4, -0.2) is 38.9 Å². The number of methoxy groups -OCH3 is 1. The minimum absolute atomic E-state index is 0.176. The number of carbonyl (C=O) groups is 1. The maximum atomic E-state index is 11.3. The van der Waals surface area contributed by atoms with E-state index in [9.17, 15) is 4.79 Å². The van der Waals surface area contributed by atoms with E-state index in [0.717, 1.165) is 32.5 Å². The quantitative estimate of drug-likeness (QED) is 0.866. The first-order valence-corrected chi connectivity index (χ1v) is 7.23. The first-order chi connectivity index (χ1) is 9.78. The van der Waals surface area contributed by atoms with E-state index in [1.807, 2.05) is 0 Å². The molecular formula is C15H21N3O2. The molecule has 1 aromatic rings. The predicted octanol–water partition coefficient (Wildman–Crippen LogP) is 1.98. The summed E-state index contributed by atoms with van der Waals surface area (Å²) in [5, 5.41) is 6.35. The molecule has 20 heavy (non-hydrogen) atoms. The topological polar surface area (TPSA) is 53.6 Å². The van der Waals surface area contributed by atoms with Crippen molar-refractivity contribution in [2.75, 3.05) is 37.0 Å². The Kier molecular flexibility index (Phi) is 3.67. The van der Waals surface area contributed by atoms with Crippen LogP contribution in [0.3, 0.4) is 0 Å². The van der Waals surface area contributed by atoms with Gasteiger partial charge >= 0.3 is 6.09 Å². The van der Waals surface area contributed by atoms with Gasteiger partial charge in [-0.25, -0.2) is 4.79 Å². The van der Waals surface area contributed by atoms with Crippen molar-refractivity contribution in [3.8, 4) is 0 Å². The molecule has 0 aliphatic carbocycles. The molecule has 2 heterocycles. The minimum Gasteiger partial charge on any atom is -0.453 e. The molecule has 1 saturated heterocycles. The molecule has 5 nitrogen and oxygen atoms in total. The molecule has 2 N–H and O–H groups in total. The summed E-state index contributed by atoms with van der Waals surface area (Å²) in [6.07, 6.45) is 2.94. The first kappa shape index (κ1) is 13.1. The predicted molar refractivity (Wildman–Crippen MR) is 79.4 cm³/mol. The fourth-order valence-corrected chi connectivity index (χ4v) is 3.11. The molecule has 0 bridgehead atoms. The number of rotatable bonds is 2. The number of ether oxygens (including phenoxy) is 1. The van der Waals surface area contributed by atoms with Gasteiger partial charge < -0.3 is 20.3 Å². The molecule has 2 aliphatic heterocycles. The highest BCUT2D eigenvalue weighted by Gasteiger charge is 2.26. The van der Waals surface area contributed by atoms with Crippen LogP contribution in [0.1, 0.15) is 18.4 Å². The van der Waals surface area contributed by atoms with E-state index in [4.69, 9.17) is 0 Å². The summed E-state index contributed by atoms with van der Waals surface area (Å²) in [5.74, 6) is 0. The normalized spacial score (nSPS) is 21.1. The van der Waals surface area contributed by atoms with Gasteiger partial charge in [-0.1, -0.05) is 6.07 Å². The molecule has 0 aromatic heterocycles. The van der Waals surface area contributed by atoms with Crippen LogP contribution in [0.25, 0.3) is 0 Å². The lowest BCUT2D eigenvalue weighted by molar-refractivity contribution is 0.167. The highest BCUT2D eigenvalue weighted by atomic mass is 16.5. The molecule has 0 saturated carbocycles. The minimum atomic E-state index is -0.339. The van der Waals surface area contributed by atoms with E-state index in [0.29, 0.717) is 0 Å². The number of hydrogen-bond acceptors (Lipinski definition) is 4. The van der Waals surface area contributed by atoms with Gasteiger partial charge in [-0.3, -0.25) is 0 Å². The molecule has 1 atom stereocenters. The average molecular weight is 275 g/mol. The van der Waals surface area contributed by atoms with Crippen molar-refractivity contribution in [1.82, 2.24) is 5.32 Å². The molecule has 0 spiro atoms. The Balaban J connectivity index is 1.73. The van der Waals surface area contributed by atoms with Gasteiger partial charge in [0, 0.05) is 31.0 Å².